The fourth-order valence-corrected chi connectivity index (χ4v) is 1.98. The number of hydrogen-bond acceptors (Lipinski definition) is 1. The van der Waals surface area contributed by atoms with Crippen LogP contribution in [0.25, 0.3) is 0 Å². The van der Waals surface area contributed by atoms with Crippen molar-refractivity contribution in [2.45, 2.75) is 38.6 Å². The van der Waals surface area contributed by atoms with Crippen LogP contribution in [0.4, 0.5) is 5.69 Å². The van der Waals surface area contributed by atoms with Gasteiger partial charge in [-0.2, -0.15) is 0 Å². The number of rotatable bonds is 4. The molecule has 1 aromatic carbocycles. The molecule has 0 saturated heterocycles. The van der Waals surface area contributed by atoms with Crippen LogP contribution >= 0.6 is 12.2 Å². The monoisotopic (exact) mass is 234 g/mol. The van der Waals surface area contributed by atoms with Crippen LogP contribution in [0.1, 0.15) is 31.7 Å². The Labute approximate surface area is 102 Å². The van der Waals surface area contributed by atoms with E-state index in [1.807, 2.05) is 6.07 Å². The van der Waals surface area contributed by atoms with Gasteiger partial charge >= 0.3 is 0 Å². The average Bonchev–Trinajstić information content (AvgIpc) is 3.05. The van der Waals surface area contributed by atoms with Crippen molar-refractivity contribution >= 4 is 23.0 Å². The lowest BCUT2D eigenvalue weighted by atomic mass is 10.1. The van der Waals surface area contributed by atoms with Gasteiger partial charge in [0.1, 0.15) is 0 Å². The summed E-state index contributed by atoms with van der Waals surface area (Å²) in [5.74, 6) is 0. The van der Waals surface area contributed by atoms with Crippen molar-refractivity contribution in [3.05, 3.63) is 29.8 Å². The van der Waals surface area contributed by atoms with Crippen LogP contribution in [0.3, 0.4) is 0 Å². The number of aryl methyl sites for hydroxylation is 1. The topological polar surface area (TPSA) is 24.1 Å². The zero-order valence-corrected chi connectivity index (χ0v) is 10.4. The van der Waals surface area contributed by atoms with Gasteiger partial charge in [-0.25, -0.2) is 0 Å². The Hall–Kier alpha value is -1.09. The van der Waals surface area contributed by atoms with Gasteiger partial charge in [0, 0.05) is 11.7 Å². The van der Waals surface area contributed by atoms with Crippen LogP contribution in [0.5, 0.6) is 0 Å². The van der Waals surface area contributed by atoms with Crippen LogP contribution in [0.2, 0.25) is 0 Å². The van der Waals surface area contributed by atoms with Crippen molar-refractivity contribution < 1.29 is 0 Å². The normalized spacial score (nSPS) is 14.6. The Morgan fingerprint density at radius 2 is 2.12 bits per heavy atom. The zero-order chi connectivity index (χ0) is 11.4. The molecule has 1 aliphatic carbocycles. The van der Waals surface area contributed by atoms with E-state index >= 15 is 0 Å². The first-order valence-corrected chi connectivity index (χ1v) is 6.36. The van der Waals surface area contributed by atoms with Crippen molar-refractivity contribution in [1.82, 2.24) is 5.32 Å². The molecule has 1 aromatic rings. The fraction of sp³-hybridized carbons (Fsp3) is 0.462. The van der Waals surface area contributed by atoms with Crippen LogP contribution in [0, 0.1) is 0 Å². The van der Waals surface area contributed by atoms with Gasteiger partial charge in [-0.3, -0.25) is 0 Å². The first-order valence-electron chi connectivity index (χ1n) is 5.95. The second-order valence-electron chi connectivity index (χ2n) is 4.28. The summed E-state index contributed by atoms with van der Waals surface area (Å²) in [7, 11) is 0. The molecule has 1 saturated carbocycles. The van der Waals surface area contributed by atoms with Crippen LogP contribution < -0.4 is 10.6 Å². The van der Waals surface area contributed by atoms with Gasteiger partial charge < -0.3 is 10.6 Å². The van der Waals surface area contributed by atoms with Gasteiger partial charge in [0.15, 0.2) is 5.11 Å². The molecule has 1 aliphatic rings. The minimum Gasteiger partial charge on any atom is -0.360 e. The largest absolute Gasteiger partial charge is 0.360 e. The summed E-state index contributed by atoms with van der Waals surface area (Å²) in [5.41, 5.74) is 2.48. The smallest absolute Gasteiger partial charge is 0.171 e. The molecule has 0 aliphatic heterocycles. The summed E-state index contributed by atoms with van der Waals surface area (Å²) in [5, 5.41) is 7.33. The van der Waals surface area contributed by atoms with Gasteiger partial charge in [-0.1, -0.05) is 31.5 Å². The van der Waals surface area contributed by atoms with E-state index in [1.165, 1.54) is 18.4 Å². The molecular weight excluding hydrogens is 216 g/mol. The molecule has 86 valence electrons. The van der Waals surface area contributed by atoms with Crippen LogP contribution in [-0.2, 0) is 6.42 Å². The lowest BCUT2D eigenvalue weighted by Crippen LogP contribution is -2.30. The van der Waals surface area contributed by atoms with E-state index in [1.54, 1.807) is 0 Å². The summed E-state index contributed by atoms with van der Waals surface area (Å²) < 4.78 is 0. The third-order valence-corrected chi connectivity index (χ3v) is 2.92. The summed E-state index contributed by atoms with van der Waals surface area (Å²) in [6.45, 7) is 2.19. The lowest BCUT2D eigenvalue weighted by Gasteiger charge is -2.13. The molecule has 2 rings (SSSR count). The maximum atomic E-state index is 5.27. The molecule has 0 spiro atoms. The molecule has 2 nitrogen and oxygen atoms in total. The summed E-state index contributed by atoms with van der Waals surface area (Å²) in [4.78, 5) is 0. The van der Waals surface area contributed by atoms with Crippen molar-refractivity contribution in [3.63, 3.8) is 0 Å². The number of benzene rings is 1. The van der Waals surface area contributed by atoms with Crippen LogP contribution in [0.15, 0.2) is 24.3 Å². The highest BCUT2D eigenvalue weighted by molar-refractivity contribution is 7.80. The SMILES string of the molecule is CCCc1ccccc1NC(=S)NC1CC1. The molecular formula is C13H18N2S. The molecule has 1 fully saturated rings. The van der Waals surface area contributed by atoms with Crippen molar-refractivity contribution in [2.75, 3.05) is 5.32 Å². The standard InChI is InChI=1S/C13H18N2S/c1-2-5-10-6-3-4-7-12(10)15-13(16)14-11-8-9-11/h3-4,6-7,11H,2,5,8-9H2,1H3,(H2,14,15,16). The average molecular weight is 234 g/mol. The third kappa shape index (κ3) is 3.20. The van der Waals surface area contributed by atoms with Gasteiger partial charge in [0.25, 0.3) is 0 Å². The Balaban J connectivity index is 1.98. The Kier molecular flexibility index (Phi) is 3.78. The Morgan fingerprint density at radius 1 is 1.38 bits per heavy atom. The van der Waals surface area contributed by atoms with Crippen molar-refractivity contribution in [2.24, 2.45) is 0 Å². The van der Waals surface area contributed by atoms with E-state index < -0.39 is 0 Å². The van der Waals surface area contributed by atoms with E-state index in [2.05, 4.69) is 35.8 Å². The molecule has 0 unspecified atom stereocenters. The molecule has 0 heterocycles. The minimum atomic E-state index is 0.610. The fourth-order valence-electron chi connectivity index (χ4n) is 1.70. The highest BCUT2D eigenvalue weighted by Gasteiger charge is 2.21. The van der Waals surface area contributed by atoms with E-state index in [-0.39, 0.29) is 0 Å². The number of nitrogens with one attached hydrogen (secondary N) is 2. The zero-order valence-electron chi connectivity index (χ0n) is 9.62. The van der Waals surface area contributed by atoms with E-state index in [9.17, 15) is 0 Å². The highest BCUT2D eigenvalue weighted by atomic mass is 32.1. The maximum Gasteiger partial charge on any atom is 0.171 e. The van der Waals surface area contributed by atoms with E-state index in [0.717, 1.165) is 23.6 Å². The first-order chi connectivity index (χ1) is 7.79. The number of anilines is 1. The minimum absolute atomic E-state index is 0.610. The van der Waals surface area contributed by atoms with Crippen LogP contribution in [-0.4, -0.2) is 11.2 Å². The second-order valence-corrected chi connectivity index (χ2v) is 4.69. The highest BCUT2D eigenvalue weighted by Crippen LogP contribution is 2.20. The van der Waals surface area contributed by atoms with Crippen molar-refractivity contribution in [3.8, 4) is 0 Å². The van der Waals surface area contributed by atoms with E-state index in [0.29, 0.717) is 6.04 Å². The molecule has 0 aromatic heterocycles. The van der Waals surface area contributed by atoms with Crippen molar-refractivity contribution in [1.29, 1.82) is 0 Å². The maximum absolute atomic E-state index is 5.27. The Bertz CT molecular complexity index is 372. The predicted molar refractivity (Wildman–Crippen MR) is 72.8 cm³/mol. The predicted octanol–water partition coefficient (Wildman–Crippen LogP) is 3.09. The summed E-state index contributed by atoms with van der Waals surface area (Å²) in [6.07, 6.45) is 4.74. The number of hydrogen-bond donors (Lipinski definition) is 2. The summed E-state index contributed by atoms with van der Waals surface area (Å²) >= 11 is 5.27. The summed E-state index contributed by atoms with van der Waals surface area (Å²) in [6, 6.07) is 8.98. The molecule has 0 bridgehead atoms. The number of para-hydroxylation sites is 1. The number of thiocarbonyl (C=S) groups is 1. The van der Waals surface area contributed by atoms with Gasteiger partial charge in [-0.15, -0.1) is 0 Å². The van der Waals surface area contributed by atoms with Gasteiger partial charge in [-0.05, 0) is 43.1 Å². The first kappa shape index (κ1) is 11.4. The molecule has 0 amide bonds. The molecule has 3 heteroatoms. The second kappa shape index (κ2) is 5.30. The molecule has 0 radical (unpaired) electrons. The molecule has 0 atom stereocenters. The lowest BCUT2D eigenvalue weighted by molar-refractivity contribution is 0.912. The van der Waals surface area contributed by atoms with E-state index in [4.69, 9.17) is 12.2 Å². The molecule has 16 heavy (non-hydrogen) atoms. The van der Waals surface area contributed by atoms with Gasteiger partial charge in [0.2, 0.25) is 0 Å². The Morgan fingerprint density at radius 3 is 2.81 bits per heavy atom. The quantitative estimate of drug-likeness (QED) is 0.783. The molecule has 2 N–H and O–H groups in total. The third-order valence-electron chi connectivity index (χ3n) is 2.70. The van der Waals surface area contributed by atoms with Gasteiger partial charge in [0.05, 0.1) is 0 Å².